The van der Waals surface area contributed by atoms with Gasteiger partial charge in [-0.1, -0.05) is 13.2 Å². The smallest absolute Gasteiger partial charge is 0.330 e. The monoisotopic (exact) mass is 732 g/mol. The second-order valence-corrected chi connectivity index (χ2v) is 20.4. The van der Waals surface area contributed by atoms with Crippen molar-refractivity contribution in [2.45, 2.75) is 44.7 Å². The number of hydrogen-bond acceptors (Lipinski definition) is 14. The first kappa shape index (κ1) is 37.6. The summed E-state index contributed by atoms with van der Waals surface area (Å²) < 4.78 is 24.6. The molecule has 3 heterocycles. The van der Waals surface area contributed by atoms with Crippen LogP contribution >= 0.6 is 94.1 Å². The van der Waals surface area contributed by atoms with Gasteiger partial charge in [0.1, 0.15) is 12.2 Å². The van der Waals surface area contributed by atoms with E-state index in [2.05, 4.69) is 60.2 Å². The molecule has 3 aliphatic rings. The molecule has 0 bridgehead atoms. The van der Waals surface area contributed by atoms with E-state index in [1.165, 1.54) is 48.0 Å². The predicted molar refractivity (Wildman–Crippen MR) is 196 cm³/mol. The molecule has 0 aromatic heterocycles. The molecule has 14 heteroatoms. The molecular weight excluding hydrogens is 689 g/mol. The van der Waals surface area contributed by atoms with Gasteiger partial charge < -0.3 is 18.9 Å². The Kier molecular flexibility index (Phi) is 21.0. The summed E-state index contributed by atoms with van der Waals surface area (Å²) in [7, 11) is 0. The molecule has 4 unspecified atom stereocenters. The topological polar surface area (TPSA) is 71.1 Å². The lowest BCUT2D eigenvalue weighted by molar-refractivity contribution is -0.145. The molecule has 42 heavy (non-hydrogen) atoms. The lowest BCUT2D eigenvalue weighted by atomic mass is 10.4. The van der Waals surface area contributed by atoms with Gasteiger partial charge in [0.25, 0.3) is 0 Å². The summed E-state index contributed by atoms with van der Waals surface area (Å²) in [5.41, 5.74) is 0. The van der Waals surface area contributed by atoms with Crippen LogP contribution in [0.1, 0.15) is 12.8 Å². The highest BCUT2D eigenvalue weighted by Crippen LogP contribution is 2.36. The van der Waals surface area contributed by atoms with Crippen LogP contribution in [0.4, 0.5) is 0 Å². The summed E-state index contributed by atoms with van der Waals surface area (Å²) in [6, 6.07) is 0. The minimum atomic E-state index is -0.390. The van der Waals surface area contributed by atoms with Crippen LogP contribution in [0.3, 0.4) is 0 Å². The van der Waals surface area contributed by atoms with Crippen molar-refractivity contribution >= 4 is 106 Å². The van der Waals surface area contributed by atoms with Gasteiger partial charge in [-0.15, -0.1) is 47.0 Å². The SMILES string of the molecule is C=CC(=O)OC(COCC1CSC(COCC(CSCCC2SCCS2)OC(=O)C=C)CS1)CSCCC1SCCS1. The largest absolute Gasteiger partial charge is 0.456 e. The zero-order valence-corrected chi connectivity index (χ0v) is 30.6. The molecule has 3 aliphatic heterocycles. The van der Waals surface area contributed by atoms with Gasteiger partial charge in [0.05, 0.1) is 35.6 Å². The average molecular weight is 733 g/mol. The van der Waals surface area contributed by atoms with E-state index in [-0.39, 0.29) is 24.1 Å². The maximum absolute atomic E-state index is 11.8. The zero-order chi connectivity index (χ0) is 29.8. The fourth-order valence-electron chi connectivity index (χ4n) is 4.03. The van der Waals surface area contributed by atoms with Crippen molar-refractivity contribution in [2.75, 3.05) is 84.0 Å². The van der Waals surface area contributed by atoms with E-state index in [0.717, 1.165) is 34.5 Å². The number of carbonyl (C=O) groups excluding carboxylic acids is 2. The second-order valence-electron chi connectivity index (χ2n) is 9.58. The normalized spacial score (nSPS) is 23.0. The zero-order valence-electron chi connectivity index (χ0n) is 24.1. The first-order valence-corrected chi connectivity index (χ1v) is 22.8. The van der Waals surface area contributed by atoms with Crippen LogP contribution in [0.25, 0.3) is 0 Å². The average Bonchev–Trinajstić information content (AvgIpc) is 3.72. The summed E-state index contributed by atoms with van der Waals surface area (Å²) >= 11 is 15.7. The van der Waals surface area contributed by atoms with E-state index in [4.69, 9.17) is 18.9 Å². The maximum Gasteiger partial charge on any atom is 0.330 e. The number of ether oxygens (including phenoxy) is 4. The fraction of sp³-hybridized carbons (Fsp3) is 0.786. The van der Waals surface area contributed by atoms with Crippen molar-refractivity contribution in [3.8, 4) is 0 Å². The summed E-state index contributed by atoms with van der Waals surface area (Å²) in [4.78, 5) is 23.6. The molecule has 240 valence electrons. The van der Waals surface area contributed by atoms with E-state index < -0.39 is 0 Å². The highest BCUT2D eigenvalue weighted by atomic mass is 32.2. The number of carbonyl (C=O) groups is 2. The number of thioether (sulfide) groups is 8. The predicted octanol–water partition coefficient (Wildman–Crippen LogP) is 6.29. The van der Waals surface area contributed by atoms with Crippen molar-refractivity contribution in [1.82, 2.24) is 0 Å². The fourth-order valence-corrected chi connectivity index (χ4v) is 15.1. The third-order valence-electron chi connectivity index (χ3n) is 6.13. The van der Waals surface area contributed by atoms with Gasteiger partial charge in [-0.05, 0) is 24.3 Å². The summed E-state index contributed by atoms with van der Waals surface area (Å²) in [5.74, 6) is 9.85. The minimum absolute atomic E-state index is 0.256. The Hall–Kier alpha value is 1.14. The van der Waals surface area contributed by atoms with Crippen LogP contribution in [-0.4, -0.2) is 128 Å². The standard InChI is InChI=1S/C28H44O6S8/c1-3-25(29)33-21(17-35-7-5-27-37-9-10-38-27)13-31-15-23-19-42-24(20-41-23)16-32-14-22(34-26(30)4-2)18-36-8-6-28-39-11-12-40-28/h3-4,21-24,27-28H,1-2,5-20H2. The summed E-state index contributed by atoms with van der Waals surface area (Å²) in [5, 5.41) is 0.805. The van der Waals surface area contributed by atoms with Crippen LogP contribution in [0.5, 0.6) is 0 Å². The molecule has 0 spiro atoms. The van der Waals surface area contributed by atoms with E-state index >= 15 is 0 Å². The van der Waals surface area contributed by atoms with E-state index in [9.17, 15) is 9.59 Å². The van der Waals surface area contributed by atoms with Crippen LogP contribution in [-0.2, 0) is 28.5 Å². The Morgan fingerprint density at radius 1 is 0.690 bits per heavy atom. The summed E-state index contributed by atoms with van der Waals surface area (Å²) in [6.07, 6.45) is 4.30. The molecule has 0 N–H and O–H groups in total. The quantitative estimate of drug-likeness (QED) is 0.0712. The molecular formula is C28H44O6S8. The van der Waals surface area contributed by atoms with Crippen LogP contribution in [0, 0.1) is 0 Å². The lowest BCUT2D eigenvalue weighted by Gasteiger charge is -2.28. The van der Waals surface area contributed by atoms with Crippen molar-refractivity contribution in [1.29, 1.82) is 0 Å². The lowest BCUT2D eigenvalue weighted by Crippen LogP contribution is -2.32. The molecule has 0 saturated carbocycles. The number of esters is 2. The van der Waals surface area contributed by atoms with Crippen LogP contribution in [0.2, 0.25) is 0 Å². The van der Waals surface area contributed by atoms with Gasteiger partial charge in [-0.25, -0.2) is 9.59 Å². The van der Waals surface area contributed by atoms with Gasteiger partial charge in [0.2, 0.25) is 0 Å². The van der Waals surface area contributed by atoms with Crippen LogP contribution < -0.4 is 0 Å². The van der Waals surface area contributed by atoms with E-state index in [1.54, 1.807) is 0 Å². The first-order chi connectivity index (χ1) is 20.6. The Morgan fingerprint density at radius 3 is 1.45 bits per heavy atom. The third kappa shape index (κ3) is 16.6. The maximum atomic E-state index is 11.8. The van der Waals surface area contributed by atoms with Gasteiger partial charge in [-0.2, -0.15) is 47.0 Å². The first-order valence-electron chi connectivity index (χ1n) is 14.2. The van der Waals surface area contributed by atoms with Gasteiger partial charge in [0.15, 0.2) is 0 Å². The molecule has 0 radical (unpaired) electrons. The third-order valence-corrected chi connectivity index (χ3v) is 17.9. The van der Waals surface area contributed by atoms with Gasteiger partial charge in [-0.3, -0.25) is 0 Å². The Morgan fingerprint density at radius 2 is 1.10 bits per heavy atom. The van der Waals surface area contributed by atoms with Crippen molar-refractivity contribution in [3.05, 3.63) is 25.3 Å². The Balaban J connectivity index is 1.26. The van der Waals surface area contributed by atoms with E-state index in [0.29, 0.717) is 46.1 Å². The molecule has 4 atom stereocenters. The molecule has 6 nitrogen and oxygen atoms in total. The van der Waals surface area contributed by atoms with Crippen molar-refractivity contribution in [3.63, 3.8) is 0 Å². The number of rotatable bonds is 22. The second kappa shape index (κ2) is 23.5. The van der Waals surface area contributed by atoms with Crippen LogP contribution in [0.15, 0.2) is 25.3 Å². The molecule has 3 rings (SSSR count). The summed E-state index contributed by atoms with van der Waals surface area (Å²) in [6.45, 7) is 9.16. The molecule has 0 amide bonds. The van der Waals surface area contributed by atoms with Gasteiger partial charge in [0, 0.05) is 68.7 Å². The molecule has 3 fully saturated rings. The van der Waals surface area contributed by atoms with Crippen molar-refractivity contribution < 1.29 is 28.5 Å². The highest BCUT2D eigenvalue weighted by Gasteiger charge is 2.25. The number of hydrogen-bond donors (Lipinski definition) is 0. The Labute approximate surface area is 286 Å². The minimum Gasteiger partial charge on any atom is -0.456 e. The Bertz CT molecular complexity index is 724. The highest BCUT2D eigenvalue weighted by molar-refractivity contribution is 8.20. The van der Waals surface area contributed by atoms with Crippen molar-refractivity contribution in [2.24, 2.45) is 0 Å². The van der Waals surface area contributed by atoms with Gasteiger partial charge >= 0.3 is 11.9 Å². The van der Waals surface area contributed by atoms with E-state index in [1.807, 2.05) is 47.0 Å². The molecule has 0 aromatic carbocycles. The molecule has 0 aromatic rings. The molecule has 3 saturated heterocycles. The molecule has 0 aliphatic carbocycles.